The number of nitrogens with one attached hydrogen (secondary N) is 1. The van der Waals surface area contributed by atoms with Gasteiger partial charge >= 0.3 is 0 Å². The molecule has 5 nitrogen and oxygen atoms in total. The number of anilines is 1. The Balaban J connectivity index is 1.42. The largest absolute Gasteiger partial charge is 0.454 e. The van der Waals surface area contributed by atoms with Gasteiger partial charge in [-0.05, 0) is 47.5 Å². The molecule has 1 aromatic heterocycles. The number of hydrogen-bond acceptors (Lipinski definition) is 4. The summed E-state index contributed by atoms with van der Waals surface area (Å²) in [5.74, 6) is 0.339. The summed E-state index contributed by atoms with van der Waals surface area (Å²) in [6, 6.07) is 17.1. The molecule has 1 aliphatic heterocycles. The Bertz CT molecular complexity index is 1020. The summed E-state index contributed by atoms with van der Waals surface area (Å²) < 4.78 is 23.8. The molecule has 0 aliphatic carbocycles. The standard InChI is InChI=1S/C21H15FN2O3/c22-20-3-1-2-17(24-20)21(25)23-16-9-6-14(7-10-16)4-5-15-8-11-18-19(12-15)27-13-26-18/h1-12H,13H2,(H,23,25)/b5-4+. The molecular weight excluding hydrogens is 347 g/mol. The highest BCUT2D eigenvalue weighted by atomic mass is 19.1. The number of aromatic nitrogens is 1. The van der Waals surface area contributed by atoms with Crippen molar-refractivity contribution in [2.24, 2.45) is 0 Å². The van der Waals surface area contributed by atoms with Gasteiger partial charge in [0.05, 0.1) is 0 Å². The van der Waals surface area contributed by atoms with Gasteiger partial charge in [-0.15, -0.1) is 0 Å². The third-order valence-electron chi connectivity index (χ3n) is 3.98. The van der Waals surface area contributed by atoms with Gasteiger partial charge < -0.3 is 14.8 Å². The lowest BCUT2D eigenvalue weighted by atomic mass is 10.1. The average Bonchev–Trinajstić information content (AvgIpc) is 3.15. The molecule has 2 aromatic carbocycles. The van der Waals surface area contributed by atoms with Crippen molar-refractivity contribution in [1.82, 2.24) is 4.98 Å². The molecule has 0 unspecified atom stereocenters. The first kappa shape index (κ1) is 16.8. The molecule has 0 spiro atoms. The SMILES string of the molecule is O=C(Nc1ccc(/C=C/c2ccc3c(c2)OCO3)cc1)c1cccc(F)n1. The summed E-state index contributed by atoms with van der Waals surface area (Å²) in [6.45, 7) is 0.251. The molecule has 0 saturated carbocycles. The number of benzene rings is 2. The van der Waals surface area contributed by atoms with Crippen LogP contribution in [0.1, 0.15) is 21.6 Å². The number of nitrogens with zero attached hydrogens (tertiary/aromatic N) is 1. The molecule has 4 rings (SSSR count). The van der Waals surface area contributed by atoms with Gasteiger partial charge in [0, 0.05) is 5.69 Å². The van der Waals surface area contributed by atoms with Crippen LogP contribution in [-0.2, 0) is 0 Å². The van der Waals surface area contributed by atoms with E-state index >= 15 is 0 Å². The first-order valence-electron chi connectivity index (χ1n) is 8.29. The Morgan fingerprint density at radius 3 is 2.52 bits per heavy atom. The fourth-order valence-corrected chi connectivity index (χ4v) is 2.62. The number of hydrogen-bond donors (Lipinski definition) is 1. The lowest BCUT2D eigenvalue weighted by Gasteiger charge is -2.05. The van der Waals surface area contributed by atoms with Gasteiger partial charge in [0.25, 0.3) is 5.91 Å². The van der Waals surface area contributed by atoms with Gasteiger partial charge in [-0.2, -0.15) is 4.39 Å². The maximum atomic E-state index is 13.1. The maximum Gasteiger partial charge on any atom is 0.274 e. The third kappa shape index (κ3) is 3.95. The van der Waals surface area contributed by atoms with Gasteiger partial charge in [0.1, 0.15) is 5.69 Å². The fourth-order valence-electron chi connectivity index (χ4n) is 2.62. The zero-order valence-corrected chi connectivity index (χ0v) is 14.2. The van der Waals surface area contributed by atoms with Crippen molar-refractivity contribution in [3.63, 3.8) is 0 Å². The zero-order chi connectivity index (χ0) is 18.6. The van der Waals surface area contributed by atoms with E-state index in [1.807, 2.05) is 42.5 Å². The van der Waals surface area contributed by atoms with Gasteiger partial charge in [-0.25, -0.2) is 4.98 Å². The van der Waals surface area contributed by atoms with E-state index in [0.29, 0.717) is 5.69 Å². The van der Waals surface area contributed by atoms with Gasteiger partial charge in [0.2, 0.25) is 12.7 Å². The van der Waals surface area contributed by atoms with Crippen LogP contribution in [0.5, 0.6) is 11.5 Å². The first-order chi connectivity index (χ1) is 13.2. The van der Waals surface area contributed by atoms with Gasteiger partial charge in [-0.3, -0.25) is 4.79 Å². The molecule has 0 saturated heterocycles. The van der Waals surface area contributed by atoms with Crippen LogP contribution in [0.4, 0.5) is 10.1 Å². The lowest BCUT2D eigenvalue weighted by molar-refractivity contribution is 0.102. The van der Waals surface area contributed by atoms with Crippen molar-refractivity contribution < 1.29 is 18.7 Å². The van der Waals surface area contributed by atoms with Crippen LogP contribution in [0.3, 0.4) is 0 Å². The molecule has 0 bridgehead atoms. The minimum Gasteiger partial charge on any atom is -0.454 e. The minimum atomic E-state index is -0.688. The van der Waals surface area contributed by atoms with E-state index in [2.05, 4.69) is 10.3 Å². The van der Waals surface area contributed by atoms with Gasteiger partial charge in [0.15, 0.2) is 11.5 Å². The predicted octanol–water partition coefficient (Wildman–Crippen LogP) is 4.37. The summed E-state index contributed by atoms with van der Waals surface area (Å²) in [6.07, 6.45) is 3.92. The molecule has 0 atom stereocenters. The quantitative estimate of drug-likeness (QED) is 0.553. The third-order valence-corrected chi connectivity index (χ3v) is 3.98. The summed E-state index contributed by atoms with van der Waals surface area (Å²) >= 11 is 0. The molecule has 0 fully saturated rings. The van der Waals surface area contributed by atoms with Crippen molar-refractivity contribution in [1.29, 1.82) is 0 Å². The second kappa shape index (κ2) is 7.29. The highest BCUT2D eigenvalue weighted by molar-refractivity contribution is 6.02. The summed E-state index contributed by atoms with van der Waals surface area (Å²) in [7, 11) is 0. The minimum absolute atomic E-state index is 0.0294. The molecule has 6 heteroatoms. The van der Waals surface area contributed by atoms with E-state index in [1.54, 1.807) is 12.1 Å². The fraction of sp³-hybridized carbons (Fsp3) is 0.0476. The first-order valence-corrected chi connectivity index (χ1v) is 8.29. The van der Waals surface area contributed by atoms with Crippen LogP contribution in [0.15, 0.2) is 60.7 Å². The molecule has 2 heterocycles. The molecule has 1 aliphatic rings. The van der Waals surface area contributed by atoms with E-state index < -0.39 is 11.9 Å². The van der Waals surface area contributed by atoms with Crippen LogP contribution in [0.2, 0.25) is 0 Å². The van der Waals surface area contributed by atoms with Gasteiger partial charge in [-0.1, -0.05) is 36.4 Å². The summed E-state index contributed by atoms with van der Waals surface area (Å²) in [5.41, 5.74) is 2.59. The lowest BCUT2D eigenvalue weighted by Crippen LogP contribution is -2.14. The molecule has 1 amide bonds. The molecule has 27 heavy (non-hydrogen) atoms. The number of fused-ring (bicyclic) bond motifs is 1. The van der Waals surface area contributed by atoms with Crippen LogP contribution >= 0.6 is 0 Å². The van der Waals surface area contributed by atoms with Crippen LogP contribution in [0, 0.1) is 5.95 Å². The number of pyridine rings is 1. The van der Waals surface area contributed by atoms with E-state index in [-0.39, 0.29) is 12.5 Å². The highest BCUT2D eigenvalue weighted by Gasteiger charge is 2.12. The van der Waals surface area contributed by atoms with Crippen molar-refractivity contribution in [3.05, 3.63) is 83.4 Å². The average molecular weight is 362 g/mol. The highest BCUT2D eigenvalue weighted by Crippen LogP contribution is 2.33. The Labute approximate surface area is 155 Å². The van der Waals surface area contributed by atoms with E-state index in [9.17, 15) is 9.18 Å². The normalized spacial score (nSPS) is 12.3. The Kier molecular flexibility index (Phi) is 4.53. The van der Waals surface area contributed by atoms with Crippen molar-refractivity contribution >= 4 is 23.7 Å². The van der Waals surface area contributed by atoms with Crippen molar-refractivity contribution in [2.75, 3.05) is 12.1 Å². The maximum absolute atomic E-state index is 13.1. The second-order valence-corrected chi connectivity index (χ2v) is 5.87. The number of rotatable bonds is 4. The molecule has 3 aromatic rings. The monoisotopic (exact) mass is 362 g/mol. The number of ether oxygens (including phenoxy) is 2. The van der Waals surface area contributed by atoms with E-state index in [1.165, 1.54) is 18.2 Å². The van der Waals surface area contributed by atoms with Crippen LogP contribution in [0.25, 0.3) is 12.2 Å². The summed E-state index contributed by atoms with van der Waals surface area (Å²) in [5, 5.41) is 2.69. The van der Waals surface area contributed by atoms with Crippen LogP contribution < -0.4 is 14.8 Å². The van der Waals surface area contributed by atoms with E-state index in [0.717, 1.165) is 22.6 Å². The van der Waals surface area contributed by atoms with Crippen molar-refractivity contribution in [3.8, 4) is 11.5 Å². The van der Waals surface area contributed by atoms with E-state index in [4.69, 9.17) is 9.47 Å². The predicted molar refractivity (Wildman–Crippen MR) is 100 cm³/mol. The number of carbonyl (C=O) groups excluding carboxylic acids is 1. The zero-order valence-electron chi connectivity index (χ0n) is 14.2. The molecule has 1 N–H and O–H groups in total. The second-order valence-electron chi connectivity index (χ2n) is 5.87. The topological polar surface area (TPSA) is 60.5 Å². The smallest absolute Gasteiger partial charge is 0.274 e. The summed E-state index contributed by atoms with van der Waals surface area (Å²) in [4.78, 5) is 15.6. The Morgan fingerprint density at radius 2 is 1.70 bits per heavy atom. The number of halogens is 1. The number of amides is 1. The molecule has 0 radical (unpaired) electrons. The number of carbonyl (C=O) groups is 1. The Hall–Kier alpha value is -3.67. The molecule has 134 valence electrons. The van der Waals surface area contributed by atoms with Crippen molar-refractivity contribution in [2.45, 2.75) is 0 Å². The molecular formula is C21H15FN2O3. The van der Waals surface area contributed by atoms with Crippen LogP contribution in [-0.4, -0.2) is 17.7 Å². The Morgan fingerprint density at radius 1 is 0.963 bits per heavy atom.